The molecule has 2 aromatic rings. The van der Waals surface area contributed by atoms with Gasteiger partial charge in [-0.25, -0.2) is 0 Å². The summed E-state index contributed by atoms with van der Waals surface area (Å²) in [5.41, 5.74) is 0.803. The first-order valence-electron chi connectivity index (χ1n) is 10.1. The lowest BCUT2D eigenvalue weighted by atomic mass is 10.0. The Bertz CT molecular complexity index is 790. The van der Waals surface area contributed by atoms with Crippen LogP contribution >= 0.6 is 0 Å². The molecule has 1 N–H and O–H groups in total. The van der Waals surface area contributed by atoms with Gasteiger partial charge in [0.15, 0.2) is 0 Å². The van der Waals surface area contributed by atoms with Crippen LogP contribution in [0.2, 0.25) is 0 Å². The van der Waals surface area contributed by atoms with E-state index in [0.29, 0.717) is 19.6 Å². The van der Waals surface area contributed by atoms with Crippen LogP contribution in [0.15, 0.2) is 28.7 Å². The van der Waals surface area contributed by atoms with Crippen LogP contribution in [0.25, 0.3) is 11.0 Å². The summed E-state index contributed by atoms with van der Waals surface area (Å²) in [7, 11) is 0. The number of hydrogen-bond donors (Lipinski definition) is 1. The summed E-state index contributed by atoms with van der Waals surface area (Å²) in [6, 6.07) is 8.04. The van der Waals surface area contributed by atoms with E-state index >= 15 is 0 Å². The van der Waals surface area contributed by atoms with Crippen molar-refractivity contribution in [1.29, 1.82) is 0 Å². The first-order chi connectivity index (χ1) is 12.8. The molecule has 1 fully saturated rings. The second-order valence-corrected chi connectivity index (χ2v) is 8.38. The van der Waals surface area contributed by atoms with Gasteiger partial charge in [-0.15, -0.1) is 0 Å². The number of amides is 1. The highest BCUT2D eigenvalue weighted by atomic mass is 16.3. The van der Waals surface area contributed by atoms with E-state index in [1.165, 1.54) is 0 Å². The lowest BCUT2D eigenvalue weighted by Crippen LogP contribution is -2.56. The number of nitrogens with zero attached hydrogens (tertiary/aromatic N) is 2. The second kappa shape index (κ2) is 8.03. The van der Waals surface area contributed by atoms with Crippen LogP contribution in [-0.4, -0.2) is 58.6 Å². The Morgan fingerprint density at radius 3 is 2.70 bits per heavy atom. The molecule has 3 rings (SSSR count). The van der Waals surface area contributed by atoms with Gasteiger partial charge in [-0.1, -0.05) is 31.5 Å². The first-order valence-corrected chi connectivity index (χ1v) is 10.1. The van der Waals surface area contributed by atoms with Gasteiger partial charge < -0.3 is 14.4 Å². The highest BCUT2D eigenvalue weighted by Crippen LogP contribution is 2.29. The maximum atomic E-state index is 13.4. The Morgan fingerprint density at radius 1 is 1.30 bits per heavy atom. The van der Waals surface area contributed by atoms with E-state index in [1.807, 2.05) is 43.0 Å². The monoisotopic (exact) mass is 372 g/mol. The molecule has 0 bridgehead atoms. The van der Waals surface area contributed by atoms with Gasteiger partial charge in [0, 0.05) is 44.0 Å². The van der Waals surface area contributed by atoms with Gasteiger partial charge in [0.2, 0.25) is 0 Å². The van der Waals surface area contributed by atoms with Crippen LogP contribution < -0.4 is 0 Å². The zero-order chi connectivity index (χ0) is 19.6. The van der Waals surface area contributed by atoms with Crippen molar-refractivity contribution in [1.82, 2.24) is 9.80 Å². The normalized spacial score (nSPS) is 19.0. The summed E-state index contributed by atoms with van der Waals surface area (Å²) in [6.07, 6.45) is 2.87. The van der Waals surface area contributed by atoms with Crippen LogP contribution in [0.1, 0.15) is 56.7 Å². The van der Waals surface area contributed by atoms with Gasteiger partial charge in [-0.05, 0) is 33.3 Å². The second-order valence-electron chi connectivity index (χ2n) is 8.38. The first kappa shape index (κ1) is 19.9. The maximum Gasteiger partial charge on any atom is 0.258 e. The Hall–Kier alpha value is -1.85. The number of hydrogen-bond acceptors (Lipinski definition) is 4. The molecule has 1 saturated heterocycles. The number of aryl methyl sites for hydroxylation is 1. The van der Waals surface area contributed by atoms with Crippen molar-refractivity contribution >= 4 is 16.9 Å². The average molecular weight is 373 g/mol. The molecule has 1 atom stereocenters. The minimum Gasteiger partial charge on any atom is -0.460 e. The van der Waals surface area contributed by atoms with Crippen molar-refractivity contribution in [2.75, 3.05) is 26.2 Å². The number of piperazine rings is 1. The third kappa shape index (κ3) is 4.53. The predicted octanol–water partition coefficient (Wildman–Crippen LogP) is 3.69. The minimum atomic E-state index is -0.728. The summed E-state index contributed by atoms with van der Waals surface area (Å²) in [4.78, 5) is 17.6. The van der Waals surface area contributed by atoms with E-state index in [9.17, 15) is 9.90 Å². The number of carbonyl (C=O) groups is 1. The number of fused-ring (bicyclic) bond motifs is 1. The lowest BCUT2D eigenvalue weighted by Gasteiger charge is -2.42. The molecule has 0 radical (unpaired) electrons. The fourth-order valence-corrected chi connectivity index (χ4v) is 3.91. The molecule has 1 amide bonds. The number of rotatable bonds is 6. The fraction of sp³-hybridized carbons (Fsp3) is 0.591. The van der Waals surface area contributed by atoms with Crippen LogP contribution in [-0.2, 0) is 6.42 Å². The highest BCUT2D eigenvalue weighted by molar-refractivity contribution is 6.07. The summed E-state index contributed by atoms with van der Waals surface area (Å²) < 4.78 is 6.04. The Kier molecular flexibility index (Phi) is 5.92. The van der Waals surface area contributed by atoms with Gasteiger partial charge in [0.1, 0.15) is 11.3 Å². The molecule has 1 unspecified atom stereocenters. The lowest BCUT2D eigenvalue weighted by molar-refractivity contribution is -0.00143. The van der Waals surface area contributed by atoms with Crippen LogP contribution in [0.3, 0.4) is 0 Å². The Morgan fingerprint density at radius 2 is 2.04 bits per heavy atom. The van der Waals surface area contributed by atoms with Crippen LogP contribution in [0, 0.1) is 0 Å². The van der Waals surface area contributed by atoms with E-state index < -0.39 is 5.60 Å². The van der Waals surface area contributed by atoms with Gasteiger partial charge in [0.05, 0.1) is 11.2 Å². The van der Waals surface area contributed by atoms with Crippen LogP contribution in [0.4, 0.5) is 0 Å². The molecule has 27 heavy (non-hydrogen) atoms. The molecule has 0 saturated carbocycles. The van der Waals surface area contributed by atoms with Crippen molar-refractivity contribution in [2.45, 2.75) is 58.6 Å². The highest BCUT2D eigenvalue weighted by Gasteiger charge is 2.32. The number of β-amino-alcohol motifs (C(OH)–C–C–N with tert-alkyl or cyclic N) is 1. The Balaban J connectivity index is 1.82. The molecule has 2 heterocycles. The van der Waals surface area contributed by atoms with E-state index in [4.69, 9.17) is 4.42 Å². The SMILES string of the molecule is CCCCc1oc2ccccc2c1C(=O)N1CCN(CC(C)(C)O)C(C)C1. The molecule has 1 aromatic heterocycles. The van der Waals surface area contributed by atoms with Gasteiger partial charge >= 0.3 is 0 Å². The van der Waals surface area contributed by atoms with Crippen LogP contribution in [0.5, 0.6) is 0 Å². The molecule has 1 aliphatic heterocycles. The smallest absolute Gasteiger partial charge is 0.258 e. The molecule has 1 aromatic carbocycles. The third-order valence-electron chi connectivity index (χ3n) is 5.28. The number of benzene rings is 1. The molecule has 0 spiro atoms. The third-order valence-corrected chi connectivity index (χ3v) is 5.28. The van der Waals surface area contributed by atoms with E-state index in [-0.39, 0.29) is 11.9 Å². The van der Waals surface area contributed by atoms with Crippen molar-refractivity contribution in [2.24, 2.45) is 0 Å². The number of aliphatic hydroxyl groups is 1. The summed E-state index contributed by atoms with van der Waals surface area (Å²) in [6.45, 7) is 10.7. The molecular formula is C22H32N2O3. The van der Waals surface area contributed by atoms with Crippen molar-refractivity contribution in [3.8, 4) is 0 Å². The largest absolute Gasteiger partial charge is 0.460 e. The molecular weight excluding hydrogens is 340 g/mol. The molecule has 1 aliphatic rings. The zero-order valence-corrected chi connectivity index (χ0v) is 17.0. The van der Waals surface area contributed by atoms with E-state index in [0.717, 1.165) is 48.1 Å². The average Bonchev–Trinajstić information content (AvgIpc) is 2.98. The summed E-state index contributed by atoms with van der Waals surface area (Å²) in [5, 5.41) is 11.0. The predicted molar refractivity (Wildman–Crippen MR) is 108 cm³/mol. The van der Waals surface area contributed by atoms with E-state index in [1.54, 1.807) is 0 Å². The maximum absolute atomic E-state index is 13.4. The van der Waals surface area contributed by atoms with Crippen molar-refractivity contribution < 1.29 is 14.3 Å². The molecule has 5 heteroatoms. The standard InChI is InChI=1S/C22H32N2O3/c1-5-6-10-19-20(17-9-7-8-11-18(17)27-19)21(25)23-12-13-24(16(2)14-23)15-22(3,4)26/h7-9,11,16,26H,5-6,10,12-15H2,1-4H3. The van der Waals surface area contributed by atoms with Gasteiger partial charge in [-0.2, -0.15) is 0 Å². The van der Waals surface area contributed by atoms with Crippen molar-refractivity contribution in [3.05, 3.63) is 35.6 Å². The van der Waals surface area contributed by atoms with Gasteiger partial charge in [0.25, 0.3) is 5.91 Å². The number of carbonyl (C=O) groups excluding carboxylic acids is 1. The molecule has 0 aliphatic carbocycles. The van der Waals surface area contributed by atoms with E-state index in [2.05, 4.69) is 18.7 Å². The summed E-state index contributed by atoms with van der Waals surface area (Å²) >= 11 is 0. The quantitative estimate of drug-likeness (QED) is 0.840. The zero-order valence-electron chi connectivity index (χ0n) is 17.0. The number of para-hydroxylation sites is 1. The number of unbranched alkanes of at least 4 members (excludes halogenated alkanes) is 1. The number of furan rings is 1. The van der Waals surface area contributed by atoms with Crippen molar-refractivity contribution in [3.63, 3.8) is 0 Å². The minimum absolute atomic E-state index is 0.0702. The molecule has 148 valence electrons. The summed E-state index contributed by atoms with van der Waals surface area (Å²) in [5.74, 6) is 0.885. The Labute approximate surface area is 161 Å². The topological polar surface area (TPSA) is 56.9 Å². The molecule has 5 nitrogen and oxygen atoms in total. The fourth-order valence-electron chi connectivity index (χ4n) is 3.91. The van der Waals surface area contributed by atoms with Gasteiger partial charge in [-0.3, -0.25) is 9.69 Å².